The molecule has 0 spiro atoms. The molecule has 0 atom stereocenters. The number of anilines is 1. The molecular formula is C19H15N7. The topological polar surface area (TPSA) is 94.6 Å². The van der Waals surface area contributed by atoms with Crippen LogP contribution in [0.4, 0.5) is 5.95 Å². The van der Waals surface area contributed by atoms with Crippen LogP contribution >= 0.6 is 0 Å². The van der Waals surface area contributed by atoms with E-state index in [-0.39, 0.29) is 0 Å². The number of nitrogens with zero attached hydrogens (tertiary/aromatic N) is 4. The van der Waals surface area contributed by atoms with Gasteiger partial charge in [0.1, 0.15) is 5.52 Å². The Morgan fingerprint density at radius 2 is 1.96 bits per heavy atom. The number of aromatic amines is 2. The van der Waals surface area contributed by atoms with Crippen molar-refractivity contribution < 1.29 is 0 Å². The Hall–Kier alpha value is -3.74. The predicted molar refractivity (Wildman–Crippen MR) is 103 cm³/mol. The summed E-state index contributed by atoms with van der Waals surface area (Å²) in [4.78, 5) is 10.9. The van der Waals surface area contributed by atoms with E-state index in [4.69, 9.17) is 0 Å². The summed E-state index contributed by atoms with van der Waals surface area (Å²) in [6.45, 7) is 2.05. The summed E-state index contributed by atoms with van der Waals surface area (Å²) >= 11 is 0. The lowest BCUT2D eigenvalue weighted by Crippen LogP contribution is -1.98. The summed E-state index contributed by atoms with van der Waals surface area (Å²) in [6.07, 6.45) is 3.65. The molecule has 0 unspecified atom stereocenters. The third-order valence-corrected chi connectivity index (χ3v) is 4.36. The lowest BCUT2D eigenvalue weighted by atomic mass is 10.2. The maximum atomic E-state index is 4.46. The SMILES string of the molecule is Cc1ccc2[nH]c3nc(NN=Cc4c[nH]c5ccccc45)nnc3c2c1. The zero-order valence-electron chi connectivity index (χ0n) is 14.0. The molecule has 0 bridgehead atoms. The molecule has 0 fully saturated rings. The molecule has 126 valence electrons. The van der Waals surface area contributed by atoms with E-state index in [9.17, 15) is 0 Å². The van der Waals surface area contributed by atoms with Crippen LogP contribution in [-0.2, 0) is 0 Å². The van der Waals surface area contributed by atoms with Crippen molar-refractivity contribution in [2.75, 3.05) is 5.43 Å². The van der Waals surface area contributed by atoms with Crippen LogP contribution in [0.5, 0.6) is 0 Å². The molecular weight excluding hydrogens is 326 g/mol. The van der Waals surface area contributed by atoms with E-state index in [1.54, 1.807) is 6.21 Å². The average Bonchev–Trinajstić information content (AvgIpc) is 3.23. The van der Waals surface area contributed by atoms with Crippen LogP contribution in [0.1, 0.15) is 11.1 Å². The Balaban J connectivity index is 1.45. The Bertz CT molecular complexity index is 1280. The van der Waals surface area contributed by atoms with Crippen molar-refractivity contribution in [1.82, 2.24) is 25.1 Å². The molecule has 0 amide bonds. The second kappa shape index (κ2) is 5.66. The molecule has 7 heteroatoms. The van der Waals surface area contributed by atoms with E-state index in [1.807, 2.05) is 36.5 Å². The number of benzene rings is 2. The van der Waals surface area contributed by atoms with Crippen LogP contribution in [0.2, 0.25) is 0 Å². The van der Waals surface area contributed by atoms with Gasteiger partial charge in [0.05, 0.1) is 6.21 Å². The molecule has 3 aromatic heterocycles. The first-order valence-corrected chi connectivity index (χ1v) is 8.26. The van der Waals surface area contributed by atoms with Crippen molar-refractivity contribution in [3.8, 4) is 0 Å². The minimum absolute atomic E-state index is 0.344. The monoisotopic (exact) mass is 341 g/mol. The highest BCUT2D eigenvalue weighted by Crippen LogP contribution is 2.23. The van der Waals surface area contributed by atoms with Gasteiger partial charge in [-0.1, -0.05) is 29.8 Å². The number of H-pyrrole nitrogens is 2. The third-order valence-electron chi connectivity index (χ3n) is 4.36. The number of aromatic nitrogens is 5. The van der Waals surface area contributed by atoms with Gasteiger partial charge < -0.3 is 9.97 Å². The van der Waals surface area contributed by atoms with Gasteiger partial charge in [-0.05, 0) is 25.1 Å². The number of hydrogen-bond donors (Lipinski definition) is 3. The lowest BCUT2D eigenvalue weighted by molar-refractivity contribution is 1.01. The van der Waals surface area contributed by atoms with Crippen molar-refractivity contribution in [2.24, 2.45) is 5.10 Å². The van der Waals surface area contributed by atoms with Gasteiger partial charge in [0.2, 0.25) is 0 Å². The molecule has 3 N–H and O–H groups in total. The zero-order valence-corrected chi connectivity index (χ0v) is 14.0. The number of nitrogens with one attached hydrogen (secondary N) is 3. The fourth-order valence-electron chi connectivity index (χ4n) is 3.09. The average molecular weight is 341 g/mol. The van der Waals surface area contributed by atoms with Crippen LogP contribution in [0.3, 0.4) is 0 Å². The first kappa shape index (κ1) is 14.6. The summed E-state index contributed by atoms with van der Waals surface area (Å²) in [6, 6.07) is 14.2. The van der Waals surface area contributed by atoms with Crippen LogP contribution in [0, 0.1) is 6.92 Å². The fraction of sp³-hybridized carbons (Fsp3) is 0.0526. The van der Waals surface area contributed by atoms with Crippen molar-refractivity contribution in [2.45, 2.75) is 6.92 Å². The van der Waals surface area contributed by atoms with Crippen molar-refractivity contribution in [1.29, 1.82) is 0 Å². The molecule has 0 aliphatic heterocycles. The van der Waals surface area contributed by atoms with Crippen molar-refractivity contribution in [3.05, 3.63) is 59.8 Å². The molecule has 26 heavy (non-hydrogen) atoms. The molecule has 7 nitrogen and oxygen atoms in total. The standard InChI is InChI=1S/C19H15N7/c1-11-6-7-16-14(8-11)17-18(22-16)23-19(26-24-17)25-21-10-12-9-20-15-5-3-2-4-13(12)15/h2-10,20H,1H3,(H2,22,23,25,26). The van der Waals surface area contributed by atoms with Crippen LogP contribution in [-0.4, -0.2) is 31.4 Å². The zero-order chi connectivity index (χ0) is 17.5. The smallest absolute Gasteiger partial charge is 0.265 e. The molecule has 0 saturated carbocycles. The number of para-hydroxylation sites is 1. The predicted octanol–water partition coefficient (Wildman–Crippen LogP) is 3.74. The van der Waals surface area contributed by atoms with Gasteiger partial charge in [-0.2, -0.15) is 10.1 Å². The lowest BCUT2D eigenvalue weighted by Gasteiger charge is -1.97. The van der Waals surface area contributed by atoms with E-state index < -0.39 is 0 Å². The van der Waals surface area contributed by atoms with Crippen LogP contribution in [0.25, 0.3) is 33.0 Å². The molecule has 3 heterocycles. The van der Waals surface area contributed by atoms with Crippen molar-refractivity contribution >= 4 is 45.1 Å². The molecule has 0 aliphatic rings. The maximum absolute atomic E-state index is 4.46. The Morgan fingerprint density at radius 1 is 1.04 bits per heavy atom. The number of hydrazone groups is 1. The molecule has 0 aliphatic carbocycles. The fourth-order valence-corrected chi connectivity index (χ4v) is 3.09. The number of rotatable bonds is 3. The minimum Gasteiger partial charge on any atom is -0.361 e. The van der Waals surface area contributed by atoms with Gasteiger partial charge in [-0.3, -0.25) is 0 Å². The highest BCUT2D eigenvalue weighted by atomic mass is 15.4. The molecule has 0 radical (unpaired) electrons. The van der Waals surface area contributed by atoms with Crippen molar-refractivity contribution in [3.63, 3.8) is 0 Å². The largest absolute Gasteiger partial charge is 0.361 e. The Labute approximate surface area is 148 Å². The summed E-state index contributed by atoms with van der Waals surface area (Å²) in [5.74, 6) is 0.344. The first-order valence-electron chi connectivity index (χ1n) is 8.26. The van der Waals surface area contributed by atoms with Gasteiger partial charge >= 0.3 is 0 Å². The maximum Gasteiger partial charge on any atom is 0.265 e. The molecule has 5 aromatic rings. The Kier molecular flexibility index (Phi) is 3.18. The molecule has 5 rings (SSSR count). The number of hydrogen-bond acceptors (Lipinski definition) is 5. The second-order valence-corrected chi connectivity index (χ2v) is 6.17. The van der Waals surface area contributed by atoms with Gasteiger partial charge in [0.25, 0.3) is 5.95 Å². The first-order chi connectivity index (χ1) is 12.8. The van der Waals surface area contributed by atoms with E-state index in [2.05, 4.69) is 54.7 Å². The van der Waals surface area contributed by atoms with Crippen LogP contribution in [0.15, 0.2) is 53.8 Å². The number of fused-ring (bicyclic) bond motifs is 4. The second-order valence-electron chi connectivity index (χ2n) is 6.17. The van der Waals surface area contributed by atoms with Gasteiger partial charge in [0, 0.05) is 33.6 Å². The van der Waals surface area contributed by atoms with E-state index >= 15 is 0 Å². The third kappa shape index (κ3) is 2.37. The minimum atomic E-state index is 0.344. The highest BCUT2D eigenvalue weighted by molar-refractivity contribution is 6.03. The summed E-state index contributed by atoms with van der Waals surface area (Å²) in [5, 5.41) is 14.8. The van der Waals surface area contributed by atoms with E-state index in [1.165, 1.54) is 5.56 Å². The van der Waals surface area contributed by atoms with Crippen LogP contribution < -0.4 is 5.43 Å². The van der Waals surface area contributed by atoms with Gasteiger partial charge in [-0.25, -0.2) is 5.43 Å². The Morgan fingerprint density at radius 3 is 2.92 bits per heavy atom. The normalized spacial score (nSPS) is 11.9. The van der Waals surface area contributed by atoms with E-state index in [0.717, 1.165) is 32.9 Å². The van der Waals surface area contributed by atoms with Gasteiger partial charge in [0.15, 0.2) is 5.65 Å². The molecule has 2 aromatic carbocycles. The summed E-state index contributed by atoms with van der Waals surface area (Å²) < 4.78 is 0. The quantitative estimate of drug-likeness (QED) is 0.344. The molecule has 0 saturated heterocycles. The van der Waals surface area contributed by atoms with E-state index in [0.29, 0.717) is 11.6 Å². The summed E-state index contributed by atoms with van der Waals surface area (Å²) in [7, 11) is 0. The highest BCUT2D eigenvalue weighted by Gasteiger charge is 2.09. The van der Waals surface area contributed by atoms with Gasteiger partial charge in [-0.15, -0.1) is 10.2 Å². The summed E-state index contributed by atoms with van der Waals surface area (Å²) in [5.41, 5.74) is 8.52. The number of aryl methyl sites for hydroxylation is 1.